The number of aromatic nitrogens is 1. The highest BCUT2D eigenvalue weighted by Crippen LogP contribution is 2.35. The molecule has 0 saturated carbocycles. The van der Waals surface area contributed by atoms with Crippen LogP contribution in [0.4, 0.5) is 4.39 Å². The Hall–Kier alpha value is -2.95. The third-order valence-corrected chi connectivity index (χ3v) is 4.54. The molecule has 120 valence electrons. The molecule has 2 aromatic carbocycles. The molecule has 2 N–H and O–H groups in total. The van der Waals surface area contributed by atoms with Crippen LogP contribution in [0.25, 0.3) is 16.6 Å². The third-order valence-electron chi connectivity index (χ3n) is 4.54. The van der Waals surface area contributed by atoms with E-state index in [1.165, 1.54) is 6.07 Å². The maximum absolute atomic E-state index is 14.7. The first-order chi connectivity index (χ1) is 11.6. The Labute approximate surface area is 137 Å². The lowest BCUT2D eigenvalue weighted by atomic mass is 9.94. The minimum atomic E-state index is -0.671. The molecule has 3 aromatic rings. The number of carbonyl (C=O) groups excluding carboxylic acids is 2. The van der Waals surface area contributed by atoms with Crippen molar-refractivity contribution >= 4 is 22.6 Å². The topological polar surface area (TPSA) is 65.1 Å². The number of halogens is 1. The van der Waals surface area contributed by atoms with Crippen LogP contribution in [0.5, 0.6) is 0 Å². The van der Waals surface area contributed by atoms with E-state index in [0.717, 1.165) is 29.1 Å². The van der Waals surface area contributed by atoms with Crippen molar-refractivity contribution in [1.29, 1.82) is 0 Å². The quantitative estimate of drug-likeness (QED) is 0.786. The second kappa shape index (κ2) is 5.30. The summed E-state index contributed by atoms with van der Waals surface area (Å²) in [4.78, 5) is 23.6. The van der Waals surface area contributed by atoms with Crippen LogP contribution < -0.4 is 5.73 Å². The lowest BCUT2D eigenvalue weighted by molar-refractivity contribution is 0.0971. The SMILES string of the molecule is NC(=O)c1ccc(-n2c3c(c4ccccc42)C(=O)CCC3)c(F)c1. The summed E-state index contributed by atoms with van der Waals surface area (Å²) >= 11 is 0. The second-order valence-corrected chi connectivity index (χ2v) is 5.98. The Bertz CT molecular complexity index is 1000. The van der Waals surface area contributed by atoms with E-state index in [1.807, 2.05) is 24.3 Å². The zero-order chi connectivity index (χ0) is 16.8. The summed E-state index contributed by atoms with van der Waals surface area (Å²) in [5, 5.41) is 0.843. The molecular weight excluding hydrogens is 307 g/mol. The van der Waals surface area contributed by atoms with E-state index in [9.17, 15) is 14.0 Å². The summed E-state index contributed by atoms with van der Waals surface area (Å²) in [5.74, 6) is -1.11. The van der Waals surface area contributed by atoms with Gasteiger partial charge >= 0.3 is 0 Å². The van der Waals surface area contributed by atoms with Crippen LogP contribution in [-0.4, -0.2) is 16.3 Å². The van der Waals surface area contributed by atoms with Gasteiger partial charge in [0.15, 0.2) is 5.78 Å². The summed E-state index contributed by atoms with van der Waals surface area (Å²) in [6.07, 6.45) is 1.99. The fourth-order valence-corrected chi connectivity index (χ4v) is 3.50. The highest BCUT2D eigenvalue weighted by atomic mass is 19.1. The molecule has 0 spiro atoms. The molecule has 1 amide bonds. The molecule has 1 heterocycles. The molecule has 0 aliphatic heterocycles. The van der Waals surface area contributed by atoms with Gasteiger partial charge in [0.1, 0.15) is 5.82 Å². The summed E-state index contributed by atoms with van der Waals surface area (Å²) in [6, 6.07) is 11.7. The second-order valence-electron chi connectivity index (χ2n) is 5.98. The number of amides is 1. The number of rotatable bonds is 2. The molecule has 0 saturated heterocycles. The Balaban J connectivity index is 2.04. The predicted octanol–water partition coefficient (Wildman–Crippen LogP) is 3.39. The van der Waals surface area contributed by atoms with Crippen LogP contribution >= 0.6 is 0 Å². The molecule has 4 rings (SSSR count). The van der Waals surface area contributed by atoms with Gasteiger partial charge in [0, 0.05) is 28.6 Å². The number of hydrogen-bond donors (Lipinski definition) is 1. The molecule has 24 heavy (non-hydrogen) atoms. The Morgan fingerprint density at radius 2 is 1.92 bits per heavy atom. The summed E-state index contributed by atoms with van der Waals surface area (Å²) in [6.45, 7) is 0. The van der Waals surface area contributed by atoms with Crippen LogP contribution in [0.3, 0.4) is 0 Å². The number of benzene rings is 2. The van der Waals surface area contributed by atoms with E-state index >= 15 is 0 Å². The van der Waals surface area contributed by atoms with E-state index in [1.54, 1.807) is 10.6 Å². The molecule has 4 nitrogen and oxygen atoms in total. The van der Waals surface area contributed by atoms with Crippen LogP contribution in [0.1, 0.15) is 39.3 Å². The largest absolute Gasteiger partial charge is 0.366 e. The first-order valence-corrected chi connectivity index (χ1v) is 7.83. The van der Waals surface area contributed by atoms with Gasteiger partial charge in [0.05, 0.1) is 11.2 Å². The lowest BCUT2D eigenvalue weighted by Gasteiger charge is -2.16. The van der Waals surface area contributed by atoms with Crippen LogP contribution in [0.2, 0.25) is 0 Å². The van der Waals surface area contributed by atoms with Gasteiger partial charge in [-0.15, -0.1) is 0 Å². The average Bonchev–Trinajstić information content (AvgIpc) is 2.90. The van der Waals surface area contributed by atoms with E-state index in [2.05, 4.69) is 0 Å². The van der Waals surface area contributed by atoms with Gasteiger partial charge in [-0.05, 0) is 37.1 Å². The number of nitrogens with two attached hydrogens (primary N) is 1. The highest BCUT2D eigenvalue weighted by molar-refractivity contribution is 6.10. The zero-order valence-electron chi connectivity index (χ0n) is 12.9. The Morgan fingerprint density at radius 1 is 1.12 bits per heavy atom. The van der Waals surface area contributed by atoms with E-state index < -0.39 is 11.7 Å². The Kier molecular flexibility index (Phi) is 3.23. The summed E-state index contributed by atoms with van der Waals surface area (Å²) < 4.78 is 16.4. The maximum atomic E-state index is 14.7. The molecule has 1 aliphatic carbocycles. The number of fused-ring (bicyclic) bond motifs is 3. The van der Waals surface area contributed by atoms with Crippen molar-refractivity contribution in [3.63, 3.8) is 0 Å². The molecule has 0 bridgehead atoms. The predicted molar refractivity (Wildman–Crippen MR) is 89.0 cm³/mol. The molecule has 1 aromatic heterocycles. The number of hydrogen-bond acceptors (Lipinski definition) is 2. The molecule has 1 aliphatic rings. The van der Waals surface area contributed by atoms with Crippen molar-refractivity contribution in [2.24, 2.45) is 5.73 Å². The lowest BCUT2D eigenvalue weighted by Crippen LogP contribution is -2.14. The van der Waals surface area contributed by atoms with E-state index in [4.69, 9.17) is 5.73 Å². The Morgan fingerprint density at radius 3 is 2.67 bits per heavy atom. The zero-order valence-corrected chi connectivity index (χ0v) is 12.9. The van der Waals surface area contributed by atoms with Crippen molar-refractivity contribution in [2.45, 2.75) is 19.3 Å². The number of para-hydroxylation sites is 1. The smallest absolute Gasteiger partial charge is 0.248 e. The third kappa shape index (κ3) is 2.05. The first kappa shape index (κ1) is 14.6. The molecule has 5 heteroatoms. The van der Waals surface area contributed by atoms with Gasteiger partial charge in [-0.3, -0.25) is 9.59 Å². The fourth-order valence-electron chi connectivity index (χ4n) is 3.50. The number of primary amides is 1. The minimum Gasteiger partial charge on any atom is -0.366 e. The fraction of sp³-hybridized carbons (Fsp3) is 0.158. The minimum absolute atomic E-state index is 0.0976. The van der Waals surface area contributed by atoms with Crippen LogP contribution in [-0.2, 0) is 6.42 Å². The van der Waals surface area contributed by atoms with Crippen molar-refractivity contribution in [3.8, 4) is 5.69 Å². The normalized spacial score (nSPS) is 14.0. The highest BCUT2D eigenvalue weighted by Gasteiger charge is 2.27. The number of Topliss-reactive ketones (excluding diaryl/α,β-unsaturated/α-hetero) is 1. The number of carbonyl (C=O) groups is 2. The van der Waals surface area contributed by atoms with Gasteiger partial charge in [0.2, 0.25) is 5.91 Å². The molecular formula is C19H15FN2O2. The number of ketones is 1. The van der Waals surface area contributed by atoms with Crippen molar-refractivity contribution in [3.05, 3.63) is 65.1 Å². The maximum Gasteiger partial charge on any atom is 0.248 e. The van der Waals surface area contributed by atoms with Crippen molar-refractivity contribution < 1.29 is 14.0 Å². The summed E-state index contributed by atoms with van der Waals surface area (Å²) in [5.41, 5.74) is 7.98. The number of nitrogens with zero attached hydrogens (tertiary/aromatic N) is 1. The standard InChI is InChI=1S/C19H15FN2O2/c20-13-10-11(19(21)24)8-9-15(13)22-14-5-2-1-4-12(14)18-16(22)6-3-7-17(18)23/h1-2,4-5,8-10H,3,6-7H2,(H2,21,24). The van der Waals surface area contributed by atoms with Gasteiger partial charge in [0.25, 0.3) is 0 Å². The molecule has 0 radical (unpaired) electrons. The van der Waals surface area contributed by atoms with E-state index in [-0.39, 0.29) is 11.3 Å². The monoisotopic (exact) mass is 322 g/mol. The van der Waals surface area contributed by atoms with Crippen molar-refractivity contribution in [2.75, 3.05) is 0 Å². The van der Waals surface area contributed by atoms with Gasteiger partial charge in [-0.1, -0.05) is 18.2 Å². The first-order valence-electron chi connectivity index (χ1n) is 7.83. The molecule has 0 fully saturated rings. The molecule has 0 unspecified atom stereocenters. The van der Waals surface area contributed by atoms with Crippen LogP contribution in [0.15, 0.2) is 42.5 Å². The molecule has 0 atom stereocenters. The van der Waals surface area contributed by atoms with Gasteiger partial charge < -0.3 is 10.3 Å². The van der Waals surface area contributed by atoms with Gasteiger partial charge in [-0.25, -0.2) is 4.39 Å². The van der Waals surface area contributed by atoms with Crippen molar-refractivity contribution in [1.82, 2.24) is 4.57 Å². The summed E-state index contributed by atoms with van der Waals surface area (Å²) in [7, 11) is 0. The van der Waals surface area contributed by atoms with Gasteiger partial charge in [-0.2, -0.15) is 0 Å². The average molecular weight is 322 g/mol. The van der Waals surface area contributed by atoms with E-state index in [0.29, 0.717) is 24.1 Å². The van der Waals surface area contributed by atoms with Crippen LogP contribution in [0, 0.1) is 5.82 Å².